The highest BCUT2D eigenvalue weighted by molar-refractivity contribution is 5.78. The molecule has 0 aliphatic carbocycles. The number of amides is 1. The van der Waals surface area contributed by atoms with Crippen LogP contribution in [-0.4, -0.2) is 33.5 Å². The van der Waals surface area contributed by atoms with Gasteiger partial charge in [-0.1, -0.05) is 12.1 Å². The second kappa shape index (κ2) is 9.54. The van der Waals surface area contributed by atoms with Gasteiger partial charge in [0.2, 0.25) is 5.91 Å². The number of rotatable bonds is 8. The quantitative estimate of drug-likeness (QED) is 0.265. The fraction of sp³-hybridized carbons (Fsp3) is 0.250. The van der Waals surface area contributed by atoms with E-state index in [4.69, 9.17) is 0 Å². The molecule has 10 nitrogen and oxygen atoms in total. The Morgan fingerprint density at radius 3 is 2.55 bits per heavy atom. The van der Waals surface area contributed by atoms with Gasteiger partial charge in [0.25, 0.3) is 11.2 Å². The number of nitrogens with one attached hydrogen (secondary N) is 3. The first-order valence-corrected chi connectivity index (χ1v) is 9.66. The van der Waals surface area contributed by atoms with E-state index in [1.807, 2.05) is 0 Å². The Kier molecular flexibility index (Phi) is 6.80. The molecule has 0 aliphatic heterocycles. The van der Waals surface area contributed by atoms with Crippen molar-refractivity contribution in [2.24, 2.45) is 0 Å². The lowest BCUT2D eigenvalue weighted by Crippen LogP contribution is -2.33. The van der Waals surface area contributed by atoms with Crippen LogP contribution in [0.3, 0.4) is 0 Å². The Hall–Kier alpha value is -4.16. The van der Waals surface area contributed by atoms with E-state index < -0.39 is 39.5 Å². The van der Waals surface area contributed by atoms with Crippen LogP contribution in [0.2, 0.25) is 0 Å². The minimum Gasteiger partial charge on any atom is -0.378 e. The summed E-state index contributed by atoms with van der Waals surface area (Å²) in [4.78, 5) is 48.4. The summed E-state index contributed by atoms with van der Waals surface area (Å²) in [6.45, 7) is 0.0392. The smallest absolute Gasteiger partial charge is 0.378 e. The Morgan fingerprint density at radius 1 is 1.12 bits per heavy atom. The lowest BCUT2D eigenvalue weighted by Gasteiger charge is -2.12. The molecule has 3 aromatic rings. The van der Waals surface area contributed by atoms with Crippen LogP contribution < -0.4 is 21.9 Å². The van der Waals surface area contributed by atoms with Crippen LogP contribution in [0, 0.1) is 10.1 Å². The number of alkyl halides is 3. The summed E-state index contributed by atoms with van der Waals surface area (Å²) in [5.74, 6) is -0.430. The highest BCUT2D eigenvalue weighted by Crippen LogP contribution is 2.34. The molecule has 3 rings (SSSR count). The van der Waals surface area contributed by atoms with E-state index in [0.717, 1.165) is 12.1 Å². The third-order valence-electron chi connectivity index (χ3n) is 4.75. The lowest BCUT2D eigenvalue weighted by atomic mass is 10.1. The molecule has 2 aromatic carbocycles. The summed E-state index contributed by atoms with van der Waals surface area (Å²) in [5.41, 5.74) is -2.79. The number of aryl methyl sites for hydroxylation is 1. The molecule has 0 fully saturated rings. The SMILES string of the molecule is O=C(CCn1c(=O)[nH]c(=O)c2ccccc21)NCCNc1ccc(C(F)(F)F)cc1[N+](=O)[O-]. The Labute approximate surface area is 183 Å². The number of nitro groups is 1. The van der Waals surface area contributed by atoms with E-state index in [2.05, 4.69) is 15.6 Å². The van der Waals surface area contributed by atoms with E-state index in [9.17, 15) is 37.7 Å². The van der Waals surface area contributed by atoms with E-state index >= 15 is 0 Å². The van der Waals surface area contributed by atoms with Crippen molar-refractivity contribution in [3.8, 4) is 0 Å². The zero-order valence-electron chi connectivity index (χ0n) is 16.9. The molecule has 0 saturated heterocycles. The van der Waals surface area contributed by atoms with Gasteiger partial charge in [-0.25, -0.2) is 4.79 Å². The van der Waals surface area contributed by atoms with Crippen LogP contribution in [0.25, 0.3) is 10.9 Å². The van der Waals surface area contributed by atoms with Gasteiger partial charge in [-0.3, -0.25) is 29.3 Å². The molecule has 0 unspecified atom stereocenters. The molecule has 0 atom stereocenters. The Bertz CT molecular complexity index is 1320. The van der Waals surface area contributed by atoms with E-state index in [0.29, 0.717) is 17.0 Å². The van der Waals surface area contributed by atoms with Gasteiger partial charge in [0.15, 0.2) is 0 Å². The van der Waals surface area contributed by atoms with E-state index in [1.54, 1.807) is 24.3 Å². The number of nitrogens with zero attached hydrogens (tertiary/aromatic N) is 2. The molecule has 174 valence electrons. The summed E-state index contributed by atoms with van der Waals surface area (Å²) in [7, 11) is 0. The molecule has 1 aromatic heterocycles. The maximum atomic E-state index is 12.8. The second-order valence-corrected chi connectivity index (χ2v) is 6.94. The number of aromatic nitrogens is 2. The van der Waals surface area contributed by atoms with Gasteiger partial charge < -0.3 is 10.6 Å². The number of anilines is 1. The summed E-state index contributed by atoms with van der Waals surface area (Å²) in [6, 6.07) is 8.56. The highest BCUT2D eigenvalue weighted by atomic mass is 19.4. The zero-order chi connectivity index (χ0) is 24.2. The van der Waals surface area contributed by atoms with Gasteiger partial charge in [-0.15, -0.1) is 0 Å². The molecule has 3 N–H and O–H groups in total. The molecule has 0 aliphatic rings. The molecule has 0 spiro atoms. The standard InChI is InChI=1S/C20H18F3N5O5/c21-20(22,23)12-5-6-14(16(11-12)28(32)33)24-8-9-25-17(29)7-10-27-15-4-2-1-3-13(15)18(30)26-19(27)31/h1-6,11,24H,7-10H2,(H,25,29)(H,26,30,31). The van der Waals surface area contributed by atoms with Crippen LogP contribution >= 0.6 is 0 Å². The number of aromatic amines is 1. The van der Waals surface area contributed by atoms with Crippen LogP contribution in [0.5, 0.6) is 0 Å². The number of carbonyl (C=O) groups excluding carboxylic acids is 1. The first-order chi connectivity index (χ1) is 15.6. The van der Waals surface area contributed by atoms with Crippen molar-refractivity contribution in [3.63, 3.8) is 0 Å². The maximum Gasteiger partial charge on any atom is 0.416 e. The number of hydrogen-bond acceptors (Lipinski definition) is 6. The molecule has 0 saturated carbocycles. The zero-order valence-corrected chi connectivity index (χ0v) is 16.9. The van der Waals surface area contributed by atoms with Crippen molar-refractivity contribution in [1.29, 1.82) is 0 Å². The predicted octanol–water partition coefficient (Wildman–Crippen LogP) is 2.24. The van der Waals surface area contributed by atoms with Gasteiger partial charge in [0.05, 0.1) is 21.4 Å². The van der Waals surface area contributed by atoms with Crippen molar-refractivity contribution in [2.75, 3.05) is 18.4 Å². The number of benzene rings is 2. The molecule has 0 radical (unpaired) electrons. The van der Waals surface area contributed by atoms with Gasteiger partial charge in [0, 0.05) is 32.1 Å². The van der Waals surface area contributed by atoms with E-state index in [-0.39, 0.29) is 31.7 Å². The van der Waals surface area contributed by atoms with Crippen LogP contribution in [0.4, 0.5) is 24.5 Å². The molecule has 1 amide bonds. The summed E-state index contributed by atoms with van der Waals surface area (Å²) in [5, 5.41) is 16.6. The summed E-state index contributed by atoms with van der Waals surface area (Å²) in [6.07, 6.45) is -4.80. The second-order valence-electron chi connectivity index (χ2n) is 6.94. The molecular weight excluding hydrogens is 447 g/mol. The van der Waals surface area contributed by atoms with Gasteiger partial charge in [-0.2, -0.15) is 13.2 Å². The molecule has 33 heavy (non-hydrogen) atoms. The number of para-hydroxylation sites is 1. The van der Waals surface area contributed by atoms with Crippen LogP contribution in [0.15, 0.2) is 52.1 Å². The third-order valence-corrected chi connectivity index (χ3v) is 4.75. The predicted molar refractivity (Wildman–Crippen MR) is 113 cm³/mol. The van der Waals surface area contributed by atoms with Crippen LogP contribution in [0.1, 0.15) is 12.0 Å². The number of carbonyl (C=O) groups is 1. The Morgan fingerprint density at radius 2 is 1.85 bits per heavy atom. The first kappa shape index (κ1) is 23.5. The minimum absolute atomic E-state index is 0.000233. The first-order valence-electron chi connectivity index (χ1n) is 9.66. The van der Waals surface area contributed by atoms with Crippen molar-refractivity contribution in [3.05, 3.63) is 79.0 Å². The minimum atomic E-state index is -4.71. The average molecular weight is 465 g/mol. The summed E-state index contributed by atoms with van der Waals surface area (Å²) < 4.78 is 39.5. The van der Waals surface area contributed by atoms with E-state index in [1.165, 1.54) is 4.57 Å². The number of halogens is 3. The molecule has 0 bridgehead atoms. The monoisotopic (exact) mass is 465 g/mol. The topological polar surface area (TPSA) is 139 Å². The number of hydrogen-bond donors (Lipinski definition) is 3. The van der Waals surface area contributed by atoms with Gasteiger partial charge in [-0.05, 0) is 24.3 Å². The van der Waals surface area contributed by atoms with Gasteiger partial charge >= 0.3 is 11.9 Å². The largest absolute Gasteiger partial charge is 0.416 e. The molecule has 1 heterocycles. The Balaban J connectivity index is 1.56. The maximum absolute atomic E-state index is 12.8. The van der Waals surface area contributed by atoms with Crippen molar-refractivity contribution >= 4 is 28.2 Å². The van der Waals surface area contributed by atoms with Crippen molar-refractivity contribution < 1.29 is 22.9 Å². The number of fused-ring (bicyclic) bond motifs is 1. The lowest BCUT2D eigenvalue weighted by molar-refractivity contribution is -0.384. The fourth-order valence-electron chi connectivity index (χ4n) is 3.17. The van der Waals surface area contributed by atoms with Crippen molar-refractivity contribution in [1.82, 2.24) is 14.9 Å². The van der Waals surface area contributed by atoms with Gasteiger partial charge in [0.1, 0.15) is 5.69 Å². The summed E-state index contributed by atoms with van der Waals surface area (Å²) >= 11 is 0. The molecule has 13 heteroatoms. The number of H-pyrrole nitrogens is 1. The third kappa shape index (κ3) is 5.56. The number of nitro benzene ring substituents is 1. The average Bonchev–Trinajstić information content (AvgIpc) is 2.75. The normalized spacial score (nSPS) is 11.4. The van der Waals surface area contributed by atoms with Crippen molar-refractivity contribution in [2.45, 2.75) is 19.1 Å². The van der Waals surface area contributed by atoms with Crippen LogP contribution in [-0.2, 0) is 17.5 Å². The fourth-order valence-corrected chi connectivity index (χ4v) is 3.17. The molecular formula is C20H18F3N5O5. The highest BCUT2D eigenvalue weighted by Gasteiger charge is 2.33.